The monoisotopic (exact) mass is 314 g/mol. The van der Waals surface area contributed by atoms with E-state index in [4.69, 9.17) is 9.15 Å². The first-order valence-electron chi connectivity index (χ1n) is 7.86. The summed E-state index contributed by atoms with van der Waals surface area (Å²) < 4.78 is 10.7. The fraction of sp³-hybridized carbons (Fsp3) is 0.389. The maximum atomic E-state index is 12.8. The minimum Gasteiger partial charge on any atom is -0.496 e. The van der Waals surface area contributed by atoms with Crippen LogP contribution < -0.4 is 4.74 Å². The van der Waals surface area contributed by atoms with Gasteiger partial charge in [-0.3, -0.25) is 9.69 Å². The molecular weight excluding hydrogens is 292 g/mol. The van der Waals surface area contributed by atoms with Crippen LogP contribution >= 0.6 is 0 Å². The summed E-state index contributed by atoms with van der Waals surface area (Å²) in [5.74, 6) is 1.66. The van der Waals surface area contributed by atoms with Crippen LogP contribution in [0.1, 0.15) is 21.7 Å². The molecule has 0 unspecified atom stereocenters. The number of carbonyl (C=O) groups excluding carboxylic acids is 1. The molecule has 1 aromatic carbocycles. The number of nitrogens with zero attached hydrogens (tertiary/aromatic N) is 2. The van der Waals surface area contributed by atoms with E-state index in [9.17, 15) is 4.79 Å². The molecule has 1 amide bonds. The number of furan rings is 1. The Morgan fingerprint density at radius 1 is 1.17 bits per heavy atom. The summed E-state index contributed by atoms with van der Waals surface area (Å²) in [5, 5.41) is 0. The number of aryl methyl sites for hydroxylation is 1. The van der Waals surface area contributed by atoms with Crippen molar-refractivity contribution in [2.45, 2.75) is 13.5 Å². The lowest BCUT2D eigenvalue weighted by Gasteiger charge is -2.34. The predicted octanol–water partition coefficient (Wildman–Crippen LogP) is 2.55. The van der Waals surface area contributed by atoms with E-state index in [0.29, 0.717) is 11.3 Å². The van der Waals surface area contributed by atoms with E-state index < -0.39 is 0 Å². The van der Waals surface area contributed by atoms with Gasteiger partial charge in [-0.15, -0.1) is 0 Å². The zero-order chi connectivity index (χ0) is 16.2. The van der Waals surface area contributed by atoms with Gasteiger partial charge < -0.3 is 14.1 Å². The number of benzene rings is 1. The fourth-order valence-corrected chi connectivity index (χ4v) is 2.98. The minimum absolute atomic E-state index is 0.0533. The number of methoxy groups -OCH3 is 1. The Balaban J connectivity index is 1.64. The summed E-state index contributed by atoms with van der Waals surface area (Å²) in [6, 6.07) is 9.58. The third-order valence-electron chi connectivity index (χ3n) is 4.29. The van der Waals surface area contributed by atoms with Gasteiger partial charge in [-0.25, -0.2) is 0 Å². The summed E-state index contributed by atoms with van der Waals surface area (Å²) in [6.07, 6.45) is 1.69. The molecule has 1 aliphatic heterocycles. The second-order valence-electron chi connectivity index (χ2n) is 5.80. The van der Waals surface area contributed by atoms with Gasteiger partial charge in [0.15, 0.2) is 0 Å². The van der Waals surface area contributed by atoms with Gasteiger partial charge in [0.05, 0.1) is 25.5 Å². The third-order valence-corrected chi connectivity index (χ3v) is 4.29. The van der Waals surface area contributed by atoms with Crippen LogP contribution in [0.4, 0.5) is 0 Å². The molecule has 0 saturated carbocycles. The van der Waals surface area contributed by atoms with Crippen molar-refractivity contribution in [1.82, 2.24) is 9.80 Å². The van der Waals surface area contributed by atoms with Crippen LogP contribution in [-0.4, -0.2) is 49.0 Å². The van der Waals surface area contributed by atoms with Gasteiger partial charge >= 0.3 is 0 Å². The van der Waals surface area contributed by atoms with Gasteiger partial charge in [-0.1, -0.05) is 12.1 Å². The molecule has 5 heteroatoms. The maximum absolute atomic E-state index is 12.8. The molecule has 1 saturated heterocycles. The number of rotatable bonds is 4. The van der Waals surface area contributed by atoms with Gasteiger partial charge in [0.25, 0.3) is 5.91 Å². The van der Waals surface area contributed by atoms with Crippen LogP contribution in [0.3, 0.4) is 0 Å². The van der Waals surface area contributed by atoms with Crippen molar-refractivity contribution in [2.75, 3.05) is 33.3 Å². The second-order valence-corrected chi connectivity index (χ2v) is 5.80. The largest absolute Gasteiger partial charge is 0.496 e. The number of hydrogen-bond donors (Lipinski definition) is 0. The molecule has 2 aromatic rings. The second kappa shape index (κ2) is 6.87. The zero-order valence-electron chi connectivity index (χ0n) is 13.6. The standard InChI is InChI=1S/C18H22N2O3/c1-14-5-3-7-16(22-2)17(14)18(21)20-10-8-19(9-11-20)13-15-6-4-12-23-15/h3-7,12H,8-11,13H2,1-2H3. The molecule has 0 spiro atoms. The molecule has 2 heterocycles. The van der Waals surface area contributed by atoms with Gasteiger partial charge in [-0.2, -0.15) is 0 Å². The number of piperazine rings is 1. The average Bonchev–Trinajstić information content (AvgIpc) is 3.07. The van der Waals surface area contributed by atoms with Gasteiger partial charge in [0.1, 0.15) is 11.5 Å². The Bertz CT molecular complexity index is 659. The SMILES string of the molecule is COc1cccc(C)c1C(=O)N1CCN(Cc2ccco2)CC1. The number of hydrogen-bond acceptors (Lipinski definition) is 4. The van der Waals surface area contributed by atoms with E-state index >= 15 is 0 Å². The summed E-state index contributed by atoms with van der Waals surface area (Å²) in [7, 11) is 1.60. The minimum atomic E-state index is 0.0533. The van der Waals surface area contributed by atoms with Crippen LogP contribution in [0, 0.1) is 6.92 Å². The summed E-state index contributed by atoms with van der Waals surface area (Å²) >= 11 is 0. The quantitative estimate of drug-likeness (QED) is 0.870. The van der Waals surface area contributed by atoms with Crippen molar-refractivity contribution < 1.29 is 13.9 Å². The molecule has 5 nitrogen and oxygen atoms in total. The Morgan fingerprint density at radius 2 is 1.96 bits per heavy atom. The smallest absolute Gasteiger partial charge is 0.257 e. The Morgan fingerprint density at radius 3 is 2.61 bits per heavy atom. The predicted molar refractivity (Wildman–Crippen MR) is 87.6 cm³/mol. The third kappa shape index (κ3) is 3.40. The Labute approximate surface area is 136 Å². The van der Waals surface area contributed by atoms with Crippen LogP contribution in [0.5, 0.6) is 5.75 Å². The van der Waals surface area contributed by atoms with E-state index in [1.165, 1.54) is 0 Å². The summed E-state index contributed by atoms with van der Waals surface area (Å²) in [4.78, 5) is 17.0. The van der Waals surface area contributed by atoms with E-state index in [2.05, 4.69) is 4.90 Å². The van der Waals surface area contributed by atoms with E-state index in [1.807, 2.05) is 42.2 Å². The molecule has 23 heavy (non-hydrogen) atoms. The molecule has 0 aliphatic carbocycles. The van der Waals surface area contributed by atoms with E-state index in [1.54, 1.807) is 13.4 Å². The molecular formula is C18H22N2O3. The normalized spacial score (nSPS) is 15.7. The first kappa shape index (κ1) is 15.6. The molecule has 0 bridgehead atoms. The Hall–Kier alpha value is -2.27. The lowest BCUT2D eigenvalue weighted by Crippen LogP contribution is -2.48. The highest BCUT2D eigenvalue weighted by Gasteiger charge is 2.25. The van der Waals surface area contributed by atoms with Crippen LogP contribution in [-0.2, 0) is 6.54 Å². The summed E-state index contributed by atoms with van der Waals surface area (Å²) in [5.41, 5.74) is 1.63. The van der Waals surface area contributed by atoms with Crippen molar-refractivity contribution in [1.29, 1.82) is 0 Å². The molecule has 0 atom stereocenters. The first-order valence-corrected chi connectivity index (χ1v) is 7.86. The van der Waals surface area contributed by atoms with E-state index in [0.717, 1.165) is 44.0 Å². The highest BCUT2D eigenvalue weighted by atomic mass is 16.5. The molecule has 122 valence electrons. The van der Waals surface area contributed by atoms with Crippen molar-refractivity contribution >= 4 is 5.91 Å². The fourth-order valence-electron chi connectivity index (χ4n) is 2.98. The van der Waals surface area contributed by atoms with Gasteiger partial charge in [-0.05, 0) is 30.7 Å². The van der Waals surface area contributed by atoms with Crippen molar-refractivity contribution in [3.05, 3.63) is 53.5 Å². The molecule has 3 rings (SSSR count). The Kier molecular flexibility index (Phi) is 4.67. The molecule has 1 fully saturated rings. The molecule has 0 radical (unpaired) electrons. The van der Waals surface area contributed by atoms with Crippen LogP contribution in [0.25, 0.3) is 0 Å². The number of ether oxygens (including phenoxy) is 1. The van der Waals surface area contributed by atoms with Gasteiger partial charge in [0, 0.05) is 26.2 Å². The lowest BCUT2D eigenvalue weighted by atomic mass is 10.1. The van der Waals surface area contributed by atoms with Crippen LogP contribution in [0.2, 0.25) is 0 Å². The average molecular weight is 314 g/mol. The van der Waals surface area contributed by atoms with Crippen molar-refractivity contribution in [3.63, 3.8) is 0 Å². The van der Waals surface area contributed by atoms with Gasteiger partial charge in [0.2, 0.25) is 0 Å². The van der Waals surface area contributed by atoms with Crippen molar-refractivity contribution in [3.8, 4) is 5.75 Å². The first-order chi connectivity index (χ1) is 11.2. The number of amides is 1. The molecule has 1 aliphatic rings. The molecule has 0 N–H and O–H groups in total. The lowest BCUT2D eigenvalue weighted by molar-refractivity contribution is 0.0616. The zero-order valence-corrected chi connectivity index (χ0v) is 13.6. The topological polar surface area (TPSA) is 45.9 Å². The van der Waals surface area contributed by atoms with E-state index in [-0.39, 0.29) is 5.91 Å². The highest BCUT2D eigenvalue weighted by Crippen LogP contribution is 2.24. The maximum Gasteiger partial charge on any atom is 0.257 e. The van der Waals surface area contributed by atoms with Crippen LogP contribution in [0.15, 0.2) is 41.0 Å². The van der Waals surface area contributed by atoms with Crippen molar-refractivity contribution in [2.24, 2.45) is 0 Å². The highest BCUT2D eigenvalue weighted by molar-refractivity contribution is 5.98. The summed E-state index contributed by atoms with van der Waals surface area (Å²) in [6.45, 7) is 5.88. The molecule has 1 aromatic heterocycles. The number of carbonyl (C=O) groups is 1.